The first kappa shape index (κ1) is 8.02. The second kappa shape index (κ2) is 3.35. The average Bonchev–Trinajstić information content (AvgIpc) is 1.88. The Morgan fingerprint density at radius 3 is 2.80 bits per heavy atom. The fourth-order valence-electron chi connectivity index (χ4n) is 0.866. The summed E-state index contributed by atoms with van der Waals surface area (Å²) in [6.45, 7) is 0. The largest absolute Gasteiger partial charge is 0.255 e. The number of hydrogen-bond acceptors (Lipinski definition) is 1. The molecule has 1 atom stereocenters. The summed E-state index contributed by atoms with van der Waals surface area (Å²) in [6, 6.07) is 0. The standard InChI is InChI=1S/C7H9ClOS/c1-10(9)7-5-3-2-4-6(7)8/h3,5H,2,4H2,1H3. The number of rotatable bonds is 1. The van der Waals surface area contributed by atoms with E-state index in [9.17, 15) is 4.21 Å². The Balaban J connectivity index is 2.90. The fourth-order valence-corrected chi connectivity index (χ4v) is 2.07. The van der Waals surface area contributed by atoms with Crippen LogP contribution in [0.4, 0.5) is 0 Å². The maximum absolute atomic E-state index is 10.9. The zero-order valence-electron chi connectivity index (χ0n) is 5.76. The van der Waals surface area contributed by atoms with Gasteiger partial charge in [0, 0.05) is 11.3 Å². The van der Waals surface area contributed by atoms with Crippen LogP contribution in [0.15, 0.2) is 22.1 Å². The Morgan fingerprint density at radius 2 is 2.40 bits per heavy atom. The molecular formula is C7H9ClOS. The molecule has 0 aromatic heterocycles. The van der Waals surface area contributed by atoms with Crippen molar-refractivity contribution in [3.05, 3.63) is 22.1 Å². The topological polar surface area (TPSA) is 17.1 Å². The molecule has 0 saturated heterocycles. The van der Waals surface area contributed by atoms with E-state index in [1.807, 2.05) is 12.2 Å². The van der Waals surface area contributed by atoms with E-state index in [4.69, 9.17) is 11.6 Å². The number of allylic oxidation sites excluding steroid dienone is 3. The van der Waals surface area contributed by atoms with Crippen molar-refractivity contribution >= 4 is 22.4 Å². The van der Waals surface area contributed by atoms with Crippen LogP contribution >= 0.6 is 11.6 Å². The molecule has 1 rings (SSSR count). The molecule has 1 aliphatic rings. The van der Waals surface area contributed by atoms with Gasteiger partial charge in [0.05, 0.1) is 15.7 Å². The summed E-state index contributed by atoms with van der Waals surface area (Å²) in [5.74, 6) is 0. The van der Waals surface area contributed by atoms with Gasteiger partial charge in [0.2, 0.25) is 0 Å². The van der Waals surface area contributed by atoms with Crippen LogP contribution in [-0.4, -0.2) is 10.5 Å². The quantitative estimate of drug-likeness (QED) is 0.599. The lowest BCUT2D eigenvalue weighted by Crippen LogP contribution is -1.95. The lowest BCUT2D eigenvalue weighted by molar-refractivity contribution is 0.690. The van der Waals surface area contributed by atoms with Crippen molar-refractivity contribution in [2.45, 2.75) is 12.8 Å². The van der Waals surface area contributed by atoms with E-state index in [2.05, 4.69) is 0 Å². The molecule has 0 radical (unpaired) electrons. The molecule has 0 N–H and O–H groups in total. The zero-order valence-corrected chi connectivity index (χ0v) is 7.34. The predicted octanol–water partition coefficient (Wildman–Crippen LogP) is 2.17. The smallest absolute Gasteiger partial charge is 0.0527 e. The van der Waals surface area contributed by atoms with Gasteiger partial charge in [-0.25, -0.2) is 0 Å². The number of hydrogen-bond donors (Lipinski definition) is 0. The molecule has 0 aromatic rings. The molecule has 0 heterocycles. The molecule has 0 spiro atoms. The summed E-state index contributed by atoms with van der Waals surface area (Å²) in [7, 11) is -0.921. The second-order valence-electron chi connectivity index (χ2n) is 2.16. The van der Waals surface area contributed by atoms with Crippen molar-refractivity contribution in [2.75, 3.05) is 6.26 Å². The normalized spacial score (nSPS) is 21.4. The highest BCUT2D eigenvalue weighted by Crippen LogP contribution is 2.23. The third-order valence-electron chi connectivity index (χ3n) is 1.38. The minimum atomic E-state index is -0.921. The van der Waals surface area contributed by atoms with E-state index >= 15 is 0 Å². The lowest BCUT2D eigenvalue weighted by atomic mass is 10.2. The molecule has 0 amide bonds. The summed E-state index contributed by atoms with van der Waals surface area (Å²) in [5, 5.41) is 0.753. The Bertz CT molecular complexity index is 218. The highest BCUT2D eigenvalue weighted by Gasteiger charge is 2.07. The van der Waals surface area contributed by atoms with Crippen molar-refractivity contribution in [3.63, 3.8) is 0 Å². The van der Waals surface area contributed by atoms with Crippen LogP contribution in [0.3, 0.4) is 0 Å². The minimum Gasteiger partial charge on any atom is -0.255 e. The van der Waals surface area contributed by atoms with E-state index in [0.29, 0.717) is 0 Å². The van der Waals surface area contributed by atoms with Crippen LogP contribution in [0.1, 0.15) is 12.8 Å². The van der Waals surface area contributed by atoms with E-state index < -0.39 is 10.8 Å². The van der Waals surface area contributed by atoms with Gasteiger partial charge in [-0.05, 0) is 18.9 Å². The monoisotopic (exact) mass is 176 g/mol. The molecule has 1 nitrogen and oxygen atoms in total. The van der Waals surface area contributed by atoms with E-state index in [0.717, 1.165) is 22.8 Å². The third-order valence-corrected chi connectivity index (χ3v) is 2.88. The molecule has 0 saturated carbocycles. The van der Waals surface area contributed by atoms with E-state index in [-0.39, 0.29) is 0 Å². The summed E-state index contributed by atoms with van der Waals surface area (Å²) < 4.78 is 10.9. The second-order valence-corrected chi connectivity index (χ2v) is 3.97. The summed E-state index contributed by atoms with van der Waals surface area (Å²) in [6.07, 6.45) is 7.31. The maximum atomic E-state index is 10.9. The molecule has 1 unspecified atom stereocenters. The van der Waals surface area contributed by atoms with Crippen molar-refractivity contribution in [1.29, 1.82) is 0 Å². The zero-order chi connectivity index (χ0) is 7.56. The first-order valence-electron chi connectivity index (χ1n) is 3.10. The lowest BCUT2D eigenvalue weighted by Gasteiger charge is -2.06. The molecule has 3 heteroatoms. The van der Waals surface area contributed by atoms with Gasteiger partial charge in [-0.1, -0.05) is 17.7 Å². The first-order valence-corrected chi connectivity index (χ1v) is 5.04. The van der Waals surface area contributed by atoms with Crippen LogP contribution < -0.4 is 0 Å². The first-order chi connectivity index (χ1) is 4.72. The molecule has 0 aliphatic heterocycles. The van der Waals surface area contributed by atoms with E-state index in [1.165, 1.54) is 0 Å². The Morgan fingerprint density at radius 1 is 1.70 bits per heavy atom. The van der Waals surface area contributed by atoms with E-state index in [1.54, 1.807) is 6.26 Å². The van der Waals surface area contributed by atoms with Crippen LogP contribution in [0.25, 0.3) is 0 Å². The van der Waals surface area contributed by atoms with Crippen molar-refractivity contribution in [2.24, 2.45) is 0 Å². The van der Waals surface area contributed by atoms with Crippen LogP contribution in [0.5, 0.6) is 0 Å². The highest BCUT2D eigenvalue weighted by molar-refractivity contribution is 7.88. The van der Waals surface area contributed by atoms with Crippen LogP contribution in [0.2, 0.25) is 0 Å². The number of halogens is 1. The SMILES string of the molecule is CS(=O)C1=C(Cl)CCC=C1. The van der Waals surface area contributed by atoms with Crippen molar-refractivity contribution in [1.82, 2.24) is 0 Å². The molecule has 10 heavy (non-hydrogen) atoms. The average molecular weight is 177 g/mol. The summed E-state index contributed by atoms with van der Waals surface area (Å²) in [4.78, 5) is 0.785. The summed E-state index contributed by atoms with van der Waals surface area (Å²) in [5.41, 5.74) is 0. The summed E-state index contributed by atoms with van der Waals surface area (Å²) >= 11 is 5.81. The van der Waals surface area contributed by atoms with Gasteiger partial charge in [-0.2, -0.15) is 0 Å². The van der Waals surface area contributed by atoms with Gasteiger partial charge in [0.1, 0.15) is 0 Å². The molecule has 0 fully saturated rings. The Labute approximate surface area is 68.2 Å². The highest BCUT2D eigenvalue weighted by atomic mass is 35.5. The maximum Gasteiger partial charge on any atom is 0.0527 e. The van der Waals surface area contributed by atoms with Gasteiger partial charge in [-0.15, -0.1) is 0 Å². The van der Waals surface area contributed by atoms with Gasteiger partial charge < -0.3 is 0 Å². The molecule has 1 aliphatic carbocycles. The third kappa shape index (κ3) is 1.70. The van der Waals surface area contributed by atoms with Gasteiger partial charge in [0.25, 0.3) is 0 Å². The molecule has 56 valence electrons. The molecular weight excluding hydrogens is 168 g/mol. The predicted molar refractivity (Wildman–Crippen MR) is 45.3 cm³/mol. The van der Waals surface area contributed by atoms with Gasteiger partial charge in [-0.3, -0.25) is 4.21 Å². The molecule has 0 bridgehead atoms. The minimum absolute atomic E-state index is 0.753. The fraction of sp³-hybridized carbons (Fsp3) is 0.429. The van der Waals surface area contributed by atoms with Gasteiger partial charge >= 0.3 is 0 Å². The van der Waals surface area contributed by atoms with Crippen molar-refractivity contribution < 1.29 is 4.21 Å². The van der Waals surface area contributed by atoms with Crippen LogP contribution in [-0.2, 0) is 10.8 Å². The van der Waals surface area contributed by atoms with Crippen molar-refractivity contribution in [3.8, 4) is 0 Å². The Hall–Kier alpha value is -0.0800. The molecule has 0 aromatic carbocycles. The van der Waals surface area contributed by atoms with Crippen LogP contribution in [0, 0.1) is 0 Å². The van der Waals surface area contributed by atoms with Gasteiger partial charge in [0.15, 0.2) is 0 Å². The Kier molecular flexibility index (Phi) is 2.69.